The molecular weight excluding hydrogens is 458 g/mol. The lowest BCUT2D eigenvalue weighted by molar-refractivity contribution is -0.113. The Morgan fingerprint density at radius 1 is 1.19 bits per heavy atom. The number of nitrogens with one attached hydrogen (secondary N) is 2. The van der Waals surface area contributed by atoms with Crippen LogP contribution in [-0.4, -0.2) is 32.6 Å². The number of alkyl halides is 2. The molecule has 0 saturated carbocycles. The van der Waals surface area contributed by atoms with Crippen molar-refractivity contribution in [1.29, 1.82) is 0 Å². The van der Waals surface area contributed by atoms with Crippen LogP contribution in [0.2, 0.25) is 0 Å². The number of rotatable bonds is 7. The number of para-hydroxylation sites is 1. The Hall–Kier alpha value is -1.91. The Bertz CT molecular complexity index is 939. The summed E-state index contributed by atoms with van der Waals surface area (Å²) in [6.07, 6.45) is 0. The van der Waals surface area contributed by atoms with Crippen molar-refractivity contribution in [1.82, 2.24) is 15.2 Å². The van der Waals surface area contributed by atoms with Gasteiger partial charge in [0.1, 0.15) is 0 Å². The maximum Gasteiger partial charge on any atom is 0.288 e. The minimum atomic E-state index is -2.55. The molecule has 0 unspecified atom stereocenters. The highest BCUT2D eigenvalue weighted by Crippen LogP contribution is 2.32. The van der Waals surface area contributed by atoms with Crippen molar-refractivity contribution in [3.63, 3.8) is 0 Å². The van der Waals surface area contributed by atoms with Gasteiger partial charge in [0.15, 0.2) is 5.82 Å². The summed E-state index contributed by atoms with van der Waals surface area (Å²) >= 11 is 5.00. The summed E-state index contributed by atoms with van der Waals surface area (Å²) in [4.78, 5) is 16.8. The van der Waals surface area contributed by atoms with Gasteiger partial charge in [-0.15, -0.1) is 5.10 Å². The first-order valence-electron chi connectivity index (χ1n) is 7.66. The quantitative estimate of drug-likeness (QED) is 0.459. The lowest BCUT2D eigenvalue weighted by Gasteiger charge is -2.09. The molecule has 0 aliphatic carbocycles. The number of hydrogen-bond donors (Lipinski definition) is 2. The van der Waals surface area contributed by atoms with Gasteiger partial charge in [-0.25, -0.2) is 4.98 Å². The van der Waals surface area contributed by atoms with Crippen molar-refractivity contribution in [3.05, 3.63) is 53.0 Å². The van der Waals surface area contributed by atoms with E-state index in [0.717, 1.165) is 21.8 Å². The lowest BCUT2D eigenvalue weighted by Crippen LogP contribution is -2.14. The maximum atomic E-state index is 12.6. The molecule has 27 heavy (non-hydrogen) atoms. The van der Waals surface area contributed by atoms with Gasteiger partial charge in [-0.05, 0) is 18.2 Å². The monoisotopic (exact) mass is 470 g/mol. The third kappa shape index (κ3) is 5.53. The number of carbonyl (C=O) groups excluding carboxylic acids is 1. The molecule has 0 bridgehead atoms. The van der Waals surface area contributed by atoms with Crippen molar-refractivity contribution in [2.75, 3.05) is 11.1 Å². The maximum absolute atomic E-state index is 12.6. The molecule has 0 radical (unpaired) electrons. The Kier molecular flexibility index (Phi) is 6.86. The second kappa shape index (κ2) is 9.34. The second-order valence-electron chi connectivity index (χ2n) is 5.16. The predicted octanol–water partition coefficient (Wildman–Crippen LogP) is 5.28. The fraction of sp³-hybridized carbons (Fsp3) is 0.118. The van der Waals surface area contributed by atoms with E-state index in [1.54, 1.807) is 24.3 Å². The normalized spacial score (nSPS) is 11.0. The fourth-order valence-electron chi connectivity index (χ4n) is 2.17. The van der Waals surface area contributed by atoms with Gasteiger partial charge < -0.3 is 5.32 Å². The molecule has 0 aliphatic heterocycles. The average Bonchev–Trinajstić information content (AvgIpc) is 3.10. The molecule has 3 rings (SSSR count). The molecule has 1 heterocycles. The van der Waals surface area contributed by atoms with Crippen LogP contribution in [0.3, 0.4) is 0 Å². The van der Waals surface area contributed by atoms with Crippen LogP contribution in [0.4, 0.5) is 14.5 Å². The van der Waals surface area contributed by atoms with Crippen molar-refractivity contribution in [2.45, 2.75) is 15.8 Å². The number of carbonyl (C=O) groups is 1. The van der Waals surface area contributed by atoms with E-state index in [1.165, 1.54) is 0 Å². The molecule has 2 aromatic carbocycles. The highest BCUT2D eigenvalue weighted by Gasteiger charge is 2.14. The first-order chi connectivity index (χ1) is 13.0. The highest BCUT2D eigenvalue weighted by molar-refractivity contribution is 9.10. The Balaban J connectivity index is 1.60. The van der Waals surface area contributed by atoms with E-state index < -0.39 is 5.76 Å². The molecule has 1 aromatic heterocycles. The topological polar surface area (TPSA) is 70.7 Å². The van der Waals surface area contributed by atoms with E-state index in [-0.39, 0.29) is 11.7 Å². The summed E-state index contributed by atoms with van der Waals surface area (Å²) in [6.45, 7) is 0. The van der Waals surface area contributed by atoms with Crippen LogP contribution in [0.25, 0.3) is 11.4 Å². The molecule has 140 valence electrons. The number of halogens is 3. The Labute approximate surface area is 170 Å². The third-order valence-corrected chi connectivity index (χ3v) is 5.63. The van der Waals surface area contributed by atoms with E-state index in [2.05, 4.69) is 36.4 Å². The molecule has 0 atom stereocenters. The second-order valence-corrected chi connectivity index (χ2v) is 7.99. The summed E-state index contributed by atoms with van der Waals surface area (Å²) < 4.78 is 26.1. The zero-order chi connectivity index (χ0) is 19.2. The largest absolute Gasteiger partial charge is 0.324 e. The van der Waals surface area contributed by atoms with Gasteiger partial charge in [0.25, 0.3) is 5.76 Å². The smallest absolute Gasteiger partial charge is 0.288 e. The highest BCUT2D eigenvalue weighted by atomic mass is 79.9. The number of thioether (sulfide) groups is 2. The summed E-state index contributed by atoms with van der Waals surface area (Å²) in [5.74, 6) is -2.24. The summed E-state index contributed by atoms with van der Waals surface area (Å²) in [5.41, 5.74) is 1.22. The number of amides is 1. The van der Waals surface area contributed by atoms with Crippen LogP contribution < -0.4 is 5.32 Å². The summed E-state index contributed by atoms with van der Waals surface area (Å²) in [7, 11) is 0. The van der Waals surface area contributed by atoms with Gasteiger partial charge >= 0.3 is 0 Å². The van der Waals surface area contributed by atoms with Crippen LogP contribution in [0.15, 0.2) is 63.1 Å². The number of H-pyrrole nitrogens is 1. The van der Waals surface area contributed by atoms with Crippen molar-refractivity contribution in [2.24, 2.45) is 0 Å². The number of benzene rings is 2. The van der Waals surface area contributed by atoms with Crippen LogP contribution in [-0.2, 0) is 4.79 Å². The van der Waals surface area contributed by atoms with E-state index in [4.69, 9.17) is 0 Å². The van der Waals surface area contributed by atoms with Gasteiger partial charge in [-0.2, -0.15) is 8.78 Å². The van der Waals surface area contributed by atoms with Crippen LogP contribution in [0, 0.1) is 0 Å². The number of nitrogens with zero attached hydrogens (tertiary/aromatic N) is 2. The third-order valence-electron chi connectivity index (χ3n) is 3.30. The molecule has 3 aromatic rings. The SMILES string of the molecule is O=C(CSc1n[nH]c(-c2ccccc2Br)n1)Nc1ccccc1SC(F)F. The minimum Gasteiger partial charge on any atom is -0.324 e. The van der Waals surface area contributed by atoms with Gasteiger partial charge in [0.2, 0.25) is 11.1 Å². The zero-order valence-corrected chi connectivity index (χ0v) is 16.9. The molecule has 0 fully saturated rings. The van der Waals surface area contributed by atoms with Crippen molar-refractivity contribution >= 4 is 51.0 Å². The first kappa shape index (κ1) is 19.8. The fourth-order valence-corrected chi connectivity index (χ4v) is 3.84. The van der Waals surface area contributed by atoms with Crippen molar-refractivity contribution < 1.29 is 13.6 Å². The summed E-state index contributed by atoms with van der Waals surface area (Å²) in [6, 6.07) is 14.0. The molecule has 10 heteroatoms. The Morgan fingerprint density at radius 2 is 1.93 bits per heavy atom. The average molecular weight is 471 g/mol. The molecule has 1 amide bonds. The molecule has 2 N–H and O–H groups in total. The zero-order valence-electron chi connectivity index (χ0n) is 13.7. The molecule has 0 spiro atoms. The standard InChI is InChI=1S/C17H13BrF2N4OS2/c18-11-6-2-1-5-10(11)15-22-17(24-23-15)26-9-14(25)21-12-7-3-4-8-13(12)27-16(19)20/h1-8,16H,9H2,(H,21,25)(H,22,23,24). The van der Waals surface area contributed by atoms with Crippen LogP contribution >= 0.6 is 39.5 Å². The molecular formula is C17H13BrF2N4OS2. The van der Waals surface area contributed by atoms with Gasteiger partial charge in [-0.3, -0.25) is 9.89 Å². The molecule has 0 aliphatic rings. The Morgan fingerprint density at radius 3 is 2.70 bits per heavy atom. The van der Waals surface area contributed by atoms with E-state index in [0.29, 0.717) is 33.3 Å². The molecule has 5 nitrogen and oxygen atoms in total. The van der Waals surface area contributed by atoms with Gasteiger partial charge in [0.05, 0.1) is 11.4 Å². The van der Waals surface area contributed by atoms with E-state index in [9.17, 15) is 13.6 Å². The number of aromatic nitrogens is 3. The molecule has 0 saturated heterocycles. The van der Waals surface area contributed by atoms with Crippen LogP contribution in [0.1, 0.15) is 0 Å². The van der Waals surface area contributed by atoms with Crippen molar-refractivity contribution in [3.8, 4) is 11.4 Å². The number of anilines is 1. The van der Waals surface area contributed by atoms with Gasteiger partial charge in [-0.1, -0.05) is 69.8 Å². The van der Waals surface area contributed by atoms with Gasteiger partial charge in [0, 0.05) is 14.9 Å². The summed E-state index contributed by atoms with van der Waals surface area (Å²) in [5, 5.41) is 10.00. The van der Waals surface area contributed by atoms with E-state index in [1.807, 2.05) is 24.3 Å². The van der Waals surface area contributed by atoms with E-state index >= 15 is 0 Å². The first-order valence-corrected chi connectivity index (χ1v) is 10.3. The van der Waals surface area contributed by atoms with Crippen LogP contribution in [0.5, 0.6) is 0 Å². The lowest BCUT2D eigenvalue weighted by atomic mass is 10.2. The predicted molar refractivity (Wildman–Crippen MR) is 107 cm³/mol. The number of hydrogen-bond acceptors (Lipinski definition) is 5. The minimum absolute atomic E-state index is 0.0565. The number of aromatic amines is 1.